The van der Waals surface area contributed by atoms with Crippen LogP contribution in [0.1, 0.15) is 26.3 Å². The first-order valence-electron chi connectivity index (χ1n) is 12.4. The molecule has 4 aromatic carbocycles. The van der Waals surface area contributed by atoms with Crippen molar-refractivity contribution in [1.82, 2.24) is 0 Å². The van der Waals surface area contributed by atoms with Crippen LogP contribution >= 0.6 is 0 Å². The van der Waals surface area contributed by atoms with E-state index in [9.17, 15) is 0 Å². The Labute approximate surface area is 259 Å². The molecule has 5 heteroatoms. The van der Waals surface area contributed by atoms with Gasteiger partial charge in [0, 0.05) is 0 Å². The number of benzene rings is 4. The third-order valence-electron chi connectivity index (χ3n) is 7.74. The van der Waals surface area contributed by atoms with Crippen molar-refractivity contribution in [2.75, 3.05) is 0 Å². The minimum atomic E-state index is -1.47. The van der Waals surface area contributed by atoms with Gasteiger partial charge in [-0.3, -0.25) is 0 Å². The first-order chi connectivity index (χ1) is 17.0. The number of hydrogen-bond acceptors (Lipinski definition) is 0. The van der Waals surface area contributed by atoms with Crippen LogP contribution in [0.5, 0.6) is 0 Å². The van der Waals surface area contributed by atoms with Gasteiger partial charge in [0.15, 0.2) is 0 Å². The first kappa shape index (κ1) is 32.4. The predicted octanol–water partition coefficient (Wildman–Crippen LogP) is -1.76. The van der Waals surface area contributed by atoms with Gasteiger partial charge in [-0.15, -0.1) is 0 Å². The molecule has 1 aliphatic carbocycles. The predicted molar refractivity (Wildman–Crippen MR) is 150 cm³/mol. The van der Waals surface area contributed by atoms with E-state index in [2.05, 4.69) is 156 Å². The Morgan fingerprint density at radius 1 is 0.553 bits per heavy atom. The zero-order chi connectivity index (χ0) is 24.4. The summed E-state index contributed by atoms with van der Waals surface area (Å²) in [5.74, 6) is 0. The van der Waals surface area contributed by atoms with E-state index in [1.54, 1.807) is 0 Å². The zero-order valence-corrected chi connectivity index (χ0v) is 26.9. The van der Waals surface area contributed by atoms with Crippen LogP contribution in [-0.4, -0.2) is 8.80 Å². The van der Waals surface area contributed by atoms with E-state index in [0.717, 1.165) is 0 Å². The molecule has 0 N–H and O–H groups in total. The van der Waals surface area contributed by atoms with E-state index in [1.807, 2.05) is 0 Å². The summed E-state index contributed by atoms with van der Waals surface area (Å²) in [6, 6.07) is 43.6. The van der Waals surface area contributed by atoms with Crippen molar-refractivity contribution in [3.05, 3.63) is 138 Å². The molecule has 0 bridgehead atoms. The molecule has 0 nitrogen and oxygen atoms in total. The van der Waals surface area contributed by atoms with Crippen molar-refractivity contribution in [2.45, 2.75) is 30.5 Å². The molecule has 0 radical (unpaired) electrons. The molecule has 5 rings (SSSR count). The van der Waals surface area contributed by atoms with Gasteiger partial charge in [-0.2, -0.15) is 0 Å². The maximum absolute atomic E-state index is 2.50. The van der Waals surface area contributed by atoms with Gasteiger partial charge >= 0.3 is 224 Å². The van der Waals surface area contributed by atoms with E-state index in [0.29, 0.717) is 0 Å². The summed E-state index contributed by atoms with van der Waals surface area (Å²) in [5, 5.41) is 3.04. The van der Waals surface area contributed by atoms with E-state index in [1.165, 1.54) is 55.4 Å². The Kier molecular flexibility index (Phi) is 11.9. The van der Waals surface area contributed by atoms with Crippen molar-refractivity contribution in [1.29, 1.82) is 0 Å². The van der Waals surface area contributed by atoms with Crippen LogP contribution in [0.2, 0.25) is 9.76 Å². The second-order valence-electron chi connectivity index (χ2n) is 9.68. The van der Waals surface area contributed by atoms with Crippen molar-refractivity contribution in [3.63, 3.8) is 0 Å². The summed E-state index contributed by atoms with van der Waals surface area (Å²) in [6.07, 6.45) is 0. The molecule has 192 valence electrons. The van der Waals surface area contributed by atoms with E-state index in [4.69, 9.17) is 0 Å². The molecule has 0 heterocycles. The van der Waals surface area contributed by atoms with Crippen LogP contribution in [0.25, 0.3) is 16.7 Å². The Morgan fingerprint density at radius 3 is 1.53 bits per heavy atom. The monoisotopic (exact) mass is 608 g/mol. The SMILES string of the molecule is CC1=C(C)[C]([Ti+3])(C[SiH](c2ccccc2)c2ccccc2)C(c2cccc(-c3ccccc3)c2)=C1C.[Cl-].[Cl-].[Cl-]. The molecule has 0 spiro atoms. The van der Waals surface area contributed by atoms with Gasteiger partial charge in [0.2, 0.25) is 0 Å². The van der Waals surface area contributed by atoms with Gasteiger partial charge in [-0.05, 0) is 0 Å². The van der Waals surface area contributed by atoms with Crippen molar-refractivity contribution in [3.8, 4) is 11.1 Å². The molecular formula is C33H31Cl3SiTi. The van der Waals surface area contributed by atoms with Crippen LogP contribution in [0.3, 0.4) is 0 Å². The van der Waals surface area contributed by atoms with E-state index >= 15 is 0 Å². The molecule has 0 saturated heterocycles. The number of allylic oxidation sites excluding steroid dienone is 4. The molecule has 0 aliphatic heterocycles. The van der Waals surface area contributed by atoms with Gasteiger partial charge in [0.1, 0.15) is 0 Å². The quantitative estimate of drug-likeness (QED) is 0.228. The summed E-state index contributed by atoms with van der Waals surface area (Å²) in [5.41, 5.74) is 9.86. The summed E-state index contributed by atoms with van der Waals surface area (Å²) >= 11 is 2.50. The van der Waals surface area contributed by atoms with Gasteiger partial charge in [-0.25, -0.2) is 0 Å². The molecule has 0 fully saturated rings. The fraction of sp³-hybridized carbons (Fsp3) is 0.152. The molecule has 1 unspecified atom stereocenters. The molecule has 0 amide bonds. The van der Waals surface area contributed by atoms with Crippen molar-refractivity contribution < 1.29 is 57.7 Å². The summed E-state index contributed by atoms with van der Waals surface area (Å²) in [4.78, 5) is 0. The van der Waals surface area contributed by atoms with Crippen LogP contribution in [0, 0.1) is 0 Å². The van der Waals surface area contributed by atoms with Gasteiger partial charge in [-0.1, -0.05) is 0 Å². The van der Waals surface area contributed by atoms with Crippen molar-refractivity contribution in [2.24, 2.45) is 0 Å². The molecule has 4 aromatic rings. The second kappa shape index (κ2) is 14.0. The Hall–Kier alpha value is -1.84. The third-order valence-corrected chi connectivity index (χ3v) is 13.1. The standard InChI is InChI=1S/C33H31Si.3ClH.Ti/c1-24-25(2)32(23-34(30-18-9-5-10-19-30)31-20-11-6-12-21-31)33(26(24)3)29-17-13-16-28(22-29)27-14-7-4-8-15-27;;;;/h4-22,34H,23H2,1-3H3;3*1H;/q;;;;+3/p-3. The third kappa shape index (κ3) is 6.31. The summed E-state index contributed by atoms with van der Waals surface area (Å²) in [6.45, 7) is 7.02. The number of hydrogen-bond donors (Lipinski definition) is 0. The maximum atomic E-state index is 2.50. The second-order valence-corrected chi connectivity index (χ2v) is 13.9. The van der Waals surface area contributed by atoms with Crippen LogP contribution in [0.15, 0.2) is 132 Å². The smallest absolute Gasteiger partial charge is 1.00 e. The first-order valence-corrected chi connectivity index (χ1v) is 15.1. The van der Waals surface area contributed by atoms with Crippen molar-refractivity contribution >= 4 is 24.7 Å². The fourth-order valence-electron chi connectivity index (χ4n) is 5.60. The van der Waals surface area contributed by atoms with Gasteiger partial charge in [0.05, 0.1) is 0 Å². The molecule has 1 aliphatic rings. The average Bonchev–Trinajstić information content (AvgIpc) is 3.08. The molecule has 38 heavy (non-hydrogen) atoms. The number of halogens is 3. The van der Waals surface area contributed by atoms with E-state index in [-0.39, 0.29) is 40.9 Å². The molecule has 0 saturated carbocycles. The normalized spacial score (nSPS) is 16.6. The Bertz CT molecular complexity index is 1360. The maximum Gasteiger partial charge on any atom is -1.00 e. The zero-order valence-electron chi connectivity index (χ0n) is 21.9. The van der Waals surface area contributed by atoms with Crippen LogP contribution in [0.4, 0.5) is 0 Å². The Morgan fingerprint density at radius 2 is 1.00 bits per heavy atom. The fourth-order valence-corrected chi connectivity index (χ4v) is 10.7. The topological polar surface area (TPSA) is 0 Å². The summed E-state index contributed by atoms with van der Waals surface area (Å²) in [7, 11) is -1.47. The number of rotatable bonds is 6. The van der Waals surface area contributed by atoms with Gasteiger partial charge in [0.25, 0.3) is 0 Å². The molecule has 0 aromatic heterocycles. The average molecular weight is 610 g/mol. The van der Waals surface area contributed by atoms with Crippen LogP contribution in [-0.2, 0) is 20.4 Å². The largest absolute Gasteiger partial charge is 1.00 e. The molecular weight excluding hydrogens is 579 g/mol. The Balaban J connectivity index is 0.00000169. The summed E-state index contributed by atoms with van der Waals surface area (Å²) < 4.78 is 0.00600. The van der Waals surface area contributed by atoms with Crippen LogP contribution < -0.4 is 47.6 Å². The molecule has 1 atom stereocenters. The minimum absolute atomic E-state index is 0. The minimum Gasteiger partial charge on any atom is -1.00 e. The van der Waals surface area contributed by atoms with E-state index < -0.39 is 8.80 Å². The van der Waals surface area contributed by atoms with Gasteiger partial charge < -0.3 is 37.2 Å².